The third-order valence-electron chi connectivity index (χ3n) is 1.82. The Morgan fingerprint density at radius 1 is 1.50 bits per heavy atom. The number of unbranched alkanes of at least 4 members (excludes halogenated alkanes) is 1. The van der Waals surface area contributed by atoms with Gasteiger partial charge in [0, 0.05) is 5.41 Å². The van der Waals surface area contributed by atoms with Crippen LogP contribution in [0.5, 0.6) is 0 Å². The summed E-state index contributed by atoms with van der Waals surface area (Å²) in [6.45, 7) is 6.31. The Morgan fingerprint density at radius 2 is 2.00 bits per heavy atom. The second-order valence-corrected chi connectivity index (χ2v) is 4.30. The highest BCUT2D eigenvalue weighted by Gasteiger charge is 2.24. The van der Waals surface area contributed by atoms with Crippen molar-refractivity contribution in [1.82, 2.24) is 0 Å². The monoisotopic (exact) mass is 208 g/mol. The maximum atomic E-state index is 9.22. The summed E-state index contributed by atoms with van der Waals surface area (Å²) in [5, 5.41) is 8.85. The molecule has 1 N–H and O–H groups in total. The van der Waals surface area contributed by atoms with Crippen LogP contribution in [0.15, 0.2) is 0 Å². The van der Waals surface area contributed by atoms with Gasteiger partial charge in [-0.2, -0.15) is 0 Å². The summed E-state index contributed by atoms with van der Waals surface area (Å²) in [4.78, 5) is 0. The predicted octanol–water partition coefficient (Wildman–Crippen LogP) is 2.92. The summed E-state index contributed by atoms with van der Waals surface area (Å²) in [5.41, 5.74) is 0.0238. The van der Waals surface area contributed by atoms with Gasteiger partial charge in [0.15, 0.2) is 0 Å². The van der Waals surface area contributed by atoms with E-state index in [9.17, 15) is 5.11 Å². The second kappa shape index (κ2) is 4.35. The molecule has 62 valence electrons. The number of hydrogen-bond acceptors (Lipinski definition) is 1. The molecular formula is C8H17BrO. The van der Waals surface area contributed by atoms with Gasteiger partial charge in [0.2, 0.25) is 0 Å². The molecule has 0 heterocycles. The van der Waals surface area contributed by atoms with Crippen molar-refractivity contribution in [3.8, 4) is 0 Å². The Morgan fingerprint density at radius 3 is 2.30 bits per heavy atom. The highest BCUT2D eigenvalue weighted by Crippen LogP contribution is 2.30. The molecular weight excluding hydrogens is 192 g/mol. The van der Waals surface area contributed by atoms with E-state index in [1.165, 1.54) is 12.8 Å². The molecule has 0 aromatic heterocycles. The molecule has 0 fully saturated rings. The molecule has 0 radical (unpaired) electrons. The van der Waals surface area contributed by atoms with Crippen LogP contribution in [0.2, 0.25) is 0 Å². The molecule has 0 spiro atoms. The molecule has 1 unspecified atom stereocenters. The fourth-order valence-corrected chi connectivity index (χ4v) is 0.980. The smallest absolute Gasteiger partial charge is 0.114 e. The van der Waals surface area contributed by atoms with Gasteiger partial charge in [-0.05, 0) is 6.42 Å². The third-order valence-corrected chi connectivity index (χ3v) is 3.06. The molecule has 0 saturated heterocycles. The van der Waals surface area contributed by atoms with E-state index < -0.39 is 0 Å². The lowest BCUT2D eigenvalue weighted by molar-refractivity contribution is 0.122. The van der Waals surface area contributed by atoms with Gasteiger partial charge in [-0.1, -0.05) is 49.5 Å². The fourth-order valence-electron chi connectivity index (χ4n) is 0.751. The van der Waals surface area contributed by atoms with Crippen molar-refractivity contribution in [3.63, 3.8) is 0 Å². The number of aliphatic hydroxyl groups excluding tert-OH is 1. The lowest BCUT2D eigenvalue weighted by Gasteiger charge is -2.26. The first-order chi connectivity index (χ1) is 4.50. The van der Waals surface area contributed by atoms with Gasteiger partial charge in [-0.25, -0.2) is 0 Å². The molecule has 0 amide bonds. The zero-order valence-electron chi connectivity index (χ0n) is 7.02. The van der Waals surface area contributed by atoms with Gasteiger partial charge in [0.1, 0.15) is 5.01 Å². The van der Waals surface area contributed by atoms with Crippen LogP contribution in [0, 0.1) is 5.41 Å². The summed E-state index contributed by atoms with van der Waals surface area (Å²) < 4.78 is 0. The zero-order chi connectivity index (χ0) is 8.20. The topological polar surface area (TPSA) is 20.2 Å². The molecule has 0 rings (SSSR count). The summed E-state index contributed by atoms with van der Waals surface area (Å²) in [5.74, 6) is 0. The van der Waals surface area contributed by atoms with Crippen LogP contribution in [-0.4, -0.2) is 10.1 Å². The lowest BCUT2D eigenvalue weighted by Crippen LogP contribution is -2.23. The Kier molecular flexibility index (Phi) is 4.54. The van der Waals surface area contributed by atoms with Crippen LogP contribution in [-0.2, 0) is 0 Å². The van der Waals surface area contributed by atoms with Gasteiger partial charge in [0.05, 0.1) is 0 Å². The normalized spacial score (nSPS) is 15.3. The van der Waals surface area contributed by atoms with E-state index in [2.05, 4.69) is 36.7 Å². The van der Waals surface area contributed by atoms with Crippen LogP contribution < -0.4 is 0 Å². The molecule has 1 nitrogen and oxygen atoms in total. The summed E-state index contributed by atoms with van der Waals surface area (Å²) in [7, 11) is 0. The lowest BCUT2D eigenvalue weighted by atomic mass is 9.88. The van der Waals surface area contributed by atoms with E-state index in [0.29, 0.717) is 0 Å². The van der Waals surface area contributed by atoms with Gasteiger partial charge >= 0.3 is 0 Å². The van der Waals surface area contributed by atoms with Crippen molar-refractivity contribution in [2.75, 3.05) is 0 Å². The van der Waals surface area contributed by atoms with Crippen LogP contribution in [0.1, 0.15) is 40.0 Å². The van der Waals surface area contributed by atoms with Crippen LogP contribution in [0.25, 0.3) is 0 Å². The highest BCUT2D eigenvalue weighted by molar-refractivity contribution is 9.09. The number of rotatable bonds is 4. The summed E-state index contributed by atoms with van der Waals surface area (Å²) in [6, 6.07) is 0. The predicted molar refractivity (Wildman–Crippen MR) is 48.2 cm³/mol. The van der Waals surface area contributed by atoms with Crippen LogP contribution in [0.3, 0.4) is 0 Å². The van der Waals surface area contributed by atoms with Gasteiger partial charge in [0.25, 0.3) is 0 Å². The molecule has 2 heteroatoms. The SMILES string of the molecule is CCCCC(C)(C)C(O)Br. The van der Waals surface area contributed by atoms with Crippen molar-refractivity contribution in [3.05, 3.63) is 0 Å². The standard InChI is InChI=1S/C8H17BrO/c1-4-5-6-8(2,3)7(9)10/h7,10H,4-6H2,1-3H3. The maximum Gasteiger partial charge on any atom is 0.114 e. The van der Waals surface area contributed by atoms with Crippen LogP contribution in [0.4, 0.5) is 0 Å². The van der Waals surface area contributed by atoms with E-state index in [4.69, 9.17) is 0 Å². The van der Waals surface area contributed by atoms with Crippen molar-refractivity contribution < 1.29 is 5.11 Å². The van der Waals surface area contributed by atoms with Gasteiger partial charge in [-0.3, -0.25) is 0 Å². The van der Waals surface area contributed by atoms with E-state index in [1.54, 1.807) is 0 Å². The summed E-state index contributed by atoms with van der Waals surface area (Å²) in [6.07, 6.45) is 3.47. The minimum atomic E-state index is -0.369. The summed E-state index contributed by atoms with van der Waals surface area (Å²) >= 11 is 3.18. The molecule has 0 bridgehead atoms. The molecule has 0 saturated carbocycles. The molecule has 1 atom stereocenters. The van der Waals surface area contributed by atoms with Crippen molar-refractivity contribution in [1.29, 1.82) is 0 Å². The number of halogens is 1. The van der Waals surface area contributed by atoms with Gasteiger partial charge < -0.3 is 5.11 Å². The van der Waals surface area contributed by atoms with E-state index >= 15 is 0 Å². The molecule has 10 heavy (non-hydrogen) atoms. The third kappa shape index (κ3) is 3.57. The molecule has 0 aliphatic rings. The Labute approximate surface area is 72.0 Å². The molecule has 0 aromatic carbocycles. The zero-order valence-corrected chi connectivity index (χ0v) is 8.61. The Bertz CT molecular complexity index is 89.3. The van der Waals surface area contributed by atoms with Gasteiger partial charge in [-0.15, -0.1) is 0 Å². The minimum Gasteiger partial charge on any atom is -0.381 e. The Hall–Kier alpha value is 0.440. The minimum absolute atomic E-state index is 0.0238. The molecule has 0 aliphatic carbocycles. The highest BCUT2D eigenvalue weighted by atomic mass is 79.9. The number of alkyl halides is 1. The molecule has 0 aliphatic heterocycles. The average Bonchev–Trinajstić information content (AvgIpc) is 1.84. The number of hydrogen-bond donors (Lipinski definition) is 1. The largest absolute Gasteiger partial charge is 0.381 e. The number of aliphatic hydroxyl groups is 1. The average molecular weight is 209 g/mol. The first-order valence-electron chi connectivity index (χ1n) is 3.83. The first-order valence-corrected chi connectivity index (χ1v) is 4.74. The van der Waals surface area contributed by atoms with Crippen molar-refractivity contribution in [2.45, 2.75) is 45.0 Å². The maximum absolute atomic E-state index is 9.22. The van der Waals surface area contributed by atoms with E-state index in [1.807, 2.05) is 0 Å². The quantitative estimate of drug-likeness (QED) is 0.706. The molecule has 0 aromatic rings. The van der Waals surface area contributed by atoms with Crippen molar-refractivity contribution >= 4 is 15.9 Å². The van der Waals surface area contributed by atoms with Crippen molar-refractivity contribution in [2.24, 2.45) is 5.41 Å². The van der Waals surface area contributed by atoms with E-state index in [-0.39, 0.29) is 10.4 Å². The second-order valence-electron chi connectivity index (χ2n) is 3.43. The van der Waals surface area contributed by atoms with Crippen LogP contribution >= 0.6 is 15.9 Å². The van der Waals surface area contributed by atoms with E-state index in [0.717, 1.165) is 6.42 Å². The fraction of sp³-hybridized carbons (Fsp3) is 1.00. The first kappa shape index (κ1) is 10.4. The Balaban J connectivity index is 3.63.